The van der Waals surface area contributed by atoms with E-state index in [1.54, 1.807) is 24.3 Å². The lowest BCUT2D eigenvalue weighted by molar-refractivity contribution is -0.136. The van der Waals surface area contributed by atoms with Gasteiger partial charge in [0.2, 0.25) is 0 Å². The summed E-state index contributed by atoms with van der Waals surface area (Å²) >= 11 is 3.46. The van der Waals surface area contributed by atoms with Gasteiger partial charge in [0.05, 0.1) is 6.42 Å². The van der Waals surface area contributed by atoms with Crippen LogP contribution in [0.5, 0.6) is 5.75 Å². The molecule has 0 saturated carbocycles. The molecule has 3 aromatic rings. The summed E-state index contributed by atoms with van der Waals surface area (Å²) in [5.41, 5.74) is 5.43. The monoisotopic (exact) mass is 436 g/mol. The molecule has 28 heavy (non-hydrogen) atoms. The van der Waals surface area contributed by atoms with Crippen LogP contribution in [-0.2, 0) is 11.2 Å². The largest absolute Gasteiger partial charge is 0.490 e. The molecule has 0 unspecified atom stereocenters. The average molecular weight is 437 g/mol. The number of carbonyl (C=O) groups is 1. The van der Waals surface area contributed by atoms with Crippen molar-refractivity contribution in [2.24, 2.45) is 0 Å². The van der Waals surface area contributed by atoms with Crippen molar-refractivity contribution in [3.8, 4) is 16.9 Å². The lowest BCUT2D eigenvalue weighted by Crippen LogP contribution is -2.00. The van der Waals surface area contributed by atoms with Gasteiger partial charge in [-0.3, -0.25) is 4.79 Å². The number of benzene rings is 3. The third-order valence-electron chi connectivity index (χ3n) is 4.44. The first-order chi connectivity index (χ1) is 13.5. The van der Waals surface area contributed by atoms with Crippen LogP contribution in [-0.4, -0.2) is 17.7 Å². The Morgan fingerprint density at radius 1 is 0.929 bits per heavy atom. The fourth-order valence-electron chi connectivity index (χ4n) is 2.83. The second-order valence-electron chi connectivity index (χ2n) is 6.50. The number of allylic oxidation sites excluding steroid dienone is 1. The molecule has 3 nitrogen and oxygen atoms in total. The molecular formula is C24H21BrO3. The smallest absolute Gasteiger partial charge is 0.307 e. The molecule has 3 rings (SSSR count). The fraction of sp³-hybridized carbons (Fsp3) is 0.125. The van der Waals surface area contributed by atoms with Crippen molar-refractivity contribution in [3.05, 3.63) is 94.5 Å². The molecule has 0 aromatic heterocycles. The Hall–Kier alpha value is -2.85. The molecule has 0 atom stereocenters. The first-order valence-electron chi connectivity index (χ1n) is 8.98. The Bertz CT molecular complexity index is 956. The maximum atomic E-state index is 10.7. The fourth-order valence-corrected chi connectivity index (χ4v) is 3.09. The van der Waals surface area contributed by atoms with E-state index in [9.17, 15) is 4.79 Å². The van der Waals surface area contributed by atoms with Crippen LogP contribution in [0.4, 0.5) is 0 Å². The third-order valence-corrected chi connectivity index (χ3v) is 4.96. The van der Waals surface area contributed by atoms with E-state index in [-0.39, 0.29) is 6.42 Å². The van der Waals surface area contributed by atoms with Crippen LogP contribution in [0.25, 0.3) is 16.7 Å². The number of hydrogen-bond acceptors (Lipinski definition) is 2. The molecule has 0 spiro atoms. The topological polar surface area (TPSA) is 46.5 Å². The molecule has 0 radical (unpaired) electrons. The molecule has 0 aliphatic carbocycles. The van der Waals surface area contributed by atoms with Crippen LogP contribution >= 0.6 is 15.9 Å². The summed E-state index contributed by atoms with van der Waals surface area (Å²) < 4.78 is 6.81. The zero-order valence-corrected chi connectivity index (χ0v) is 17.1. The van der Waals surface area contributed by atoms with Crippen molar-refractivity contribution in [3.63, 3.8) is 0 Å². The Morgan fingerprint density at radius 2 is 1.50 bits per heavy atom. The van der Waals surface area contributed by atoms with Crippen molar-refractivity contribution < 1.29 is 14.6 Å². The van der Waals surface area contributed by atoms with Gasteiger partial charge in [0.1, 0.15) is 12.4 Å². The van der Waals surface area contributed by atoms with E-state index in [1.807, 2.05) is 18.2 Å². The highest BCUT2D eigenvalue weighted by molar-refractivity contribution is 9.10. The minimum absolute atomic E-state index is 0.0234. The van der Waals surface area contributed by atoms with E-state index < -0.39 is 5.97 Å². The molecule has 3 aromatic carbocycles. The average Bonchev–Trinajstić information content (AvgIpc) is 2.69. The zero-order valence-electron chi connectivity index (χ0n) is 15.6. The van der Waals surface area contributed by atoms with E-state index in [2.05, 4.69) is 59.3 Å². The van der Waals surface area contributed by atoms with Gasteiger partial charge in [-0.25, -0.2) is 0 Å². The molecule has 0 heterocycles. The number of hydrogen-bond donors (Lipinski definition) is 1. The van der Waals surface area contributed by atoms with Gasteiger partial charge in [0.25, 0.3) is 0 Å². The lowest BCUT2D eigenvalue weighted by Gasteiger charge is -2.07. The quantitative estimate of drug-likeness (QED) is 0.477. The maximum Gasteiger partial charge on any atom is 0.307 e. The Kier molecular flexibility index (Phi) is 6.66. The summed E-state index contributed by atoms with van der Waals surface area (Å²) in [7, 11) is 0. The molecule has 0 amide bonds. The Morgan fingerprint density at radius 3 is 2.07 bits per heavy atom. The van der Waals surface area contributed by atoms with E-state index in [0.29, 0.717) is 6.61 Å². The predicted octanol–water partition coefficient (Wildman–Crippen LogP) is 6.23. The van der Waals surface area contributed by atoms with E-state index in [1.165, 1.54) is 11.1 Å². The highest BCUT2D eigenvalue weighted by atomic mass is 79.9. The molecule has 0 fully saturated rings. The summed E-state index contributed by atoms with van der Waals surface area (Å²) in [5, 5.41) is 8.80. The van der Waals surface area contributed by atoms with Crippen molar-refractivity contribution >= 4 is 27.5 Å². The zero-order chi connectivity index (χ0) is 19.9. The number of carboxylic acids is 1. The molecular weight excluding hydrogens is 416 g/mol. The summed E-state index contributed by atoms with van der Waals surface area (Å²) in [4.78, 5) is 10.7. The van der Waals surface area contributed by atoms with Crippen LogP contribution < -0.4 is 4.74 Å². The van der Waals surface area contributed by atoms with Gasteiger partial charge in [-0.15, -0.1) is 0 Å². The van der Waals surface area contributed by atoms with Gasteiger partial charge in [-0.1, -0.05) is 64.5 Å². The number of ether oxygens (including phenoxy) is 1. The highest BCUT2D eigenvalue weighted by Gasteiger charge is 2.02. The summed E-state index contributed by atoms with van der Waals surface area (Å²) in [5.74, 6) is -0.109. The second-order valence-corrected chi connectivity index (χ2v) is 7.41. The van der Waals surface area contributed by atoms with Crippen molar-refractivity contribution in [2.45, 2.75) is 13.3 Å². The van der Waals surface area contributed by atoms with Crippen molar-refractivity contribution in [1.82, 2.24) is 0 Å². The van der Waals surface area contributed by atoms with Gasteiger partial charge in [-0.05, 0) is 65.1 Å². The predicted molar refractivity (Wildman–Crippen MR) is 117 cm³/mol. The molecule has 142 valence electrons. The van der Waals surface area contributed by atoms with Gasteiger partial charge in [0.15, 0.2) is 0 Å². The van der Waals surface area contributed by atoms with Crippen LogP contribution in [0.3, 0.4) is 0 Å². The van der Waals surface area contributed by atoms with Crippen LogP contribution in [0.2, 0.25) is 0 Å². The van der Waals surface area contributed by atoms with Gasteiger partial charge in [0, 0.05) is 4.47 Å². The third kappa shape index (κ3) is 5.57. The van der Waals surface area contributed by atoms with Crippen LogP contribution in [0.15, 0.2) is 83.3 Å². The standard InChI is InChI=1S/C24H21BrO3/c1-17(14-15-28-23-12-2-18(3-13-23)16-24(26)27)19-4-6-20(7-5-19)21-8-10-22(25)11-9-21/h2-14H,15-16H2,1H3,(H,26,27)/b17-14-. The highest BCUT2D eigenvalue weighted by Crippen LogP contribution is 2.24. The molecule has 0 saturated heterocycles. The number of carboxylic acid groups (broad SMARTS) is 1. The summed E-state index contributed by atoms with van der Waals surface area (Å²) in [6.07, 6.45) is 2.06. The maximum absolute atomic E-state index is 10.7. The summed E-state index contributed by atoms with van der Waals surface area (Å²) in [6, 6.07) is 23.9. The molecule has 0 aliphatic heterocycles. The molecule has 4 heteroatoms. The van der Waals surface area contributed by atoms with Crippen molar-refractivity contribution in [2.75, 3.05) is 6.61 Å². The van der Waals surface area contributed by atoms with Crippen molar-refractivity contribution in [1.29, 1.82) is 0 Å². The Balaban J connectivity index is 1.59. The van der Waals surface area contributed by atoms with Gasteiger partial charge < -0.3 is 9.84 Å². The van der Waals surface area contributed by atoms with Crippen LogP contribution in [0.1, 0.15) is 18.1 Å². The van der Waals surface area contributed by atoms with Crippen LogP contribution in [0, 0.1) is 0 Å². The number of rotatable bonds is 7. The first kappa shape index (κ1) is 19.9. The Labute approximate surface area is 173 Å². The number of halogens is 1. The first-order valence-corrected chi connectivity index (χ1v) is 9.77. The molecule has 1 N–H and O–H groups in total. The minimum Gasteiger partial charge on any atom is -0.490 e. The normalized spacial score (nSPS) is 11.3. The molecule has 0 bridgehead atoms. The summed E-state index contributed by atoms with van der Waals surface area (Å²) in [6.45, 7) is 2.52. The van der Waals surface area contributed by atoms with Gasteiger partial charge in [-0.2, -0.15) is 0 Å². The van der Waals surface area contributed by atoms with E-state index >= 15 is 0 Å². The second kappa shape index (κ2) is 9.38. The minimum atomic E-state index is -0.835. The molecule has 0 aliphatic rings. The SMILES string of the molecule is C/C(=C/COc1ccc(CC(=O)O)cc1)c1ccc(-c2ccc(Br)cc2)cc1. The number of aliphatic carboxylic acids is 1. The van der Waals surface area contributed by atoms with E-state index in [4.69, 9.17) is 9.84 Å². The lowest BCUT2D eigenvalue weighted by atomic mass is 10.0. The van der Waals surface area contributed by atoms with E-state index in [0.717, 1.165) is 26.9 Å². The van der Waals surface area contributed by atoms with Gasteiger partial charge >= 0.3 is 5.97 Å².